The molecular weight excluding hydrogens is 366 g/mol. The van der Waals surface area contributed by atoms with Crippen molar-refractivity contribution in [3.63, 3.8) is 0 Å². The summed E-state index contributed by atoms with van der Waals surface area (Å²) < 4.78 is 21.6. The van der Waals surface area contributed by atoms with Gasteiger partial charge in [-0.25, -0.2) is 0 Å². The minimum atomic E-state index is -0.00429. The first-order valence-electron chi connectivity index (χ1n) is 8.69. The summed E-state index contributed by atoms with van der Waals surface area (Å²) in [5.41, 5.74) is 1.08. The lowest BCUT2D eigenvalue weighted by Crippen LogP contribution is -2.27. The van der Waals surface area contributed by atoms with Gasteiger partial charge in [-0.2, -0.15) is 0 Å². The quantitative estimate of drug-likeness (QED) is 0.701. The minimum absolute atomic E-state index is 0.00429. The van der Waals surface area contributed by atoms with Gasteiger partial charge >= 0.3 is 0 Å². The maximum absolute atomic E-state index is 12.1. The number of benzene rings is 2. The van der Waals surface area contributed by atoms with Crippen LogP contribution in [-0.2, 0) is 11.2 Å². The van der Waals surface area contributed by atoms with Crippen molar-refractivity contribution in [3.05, 3.63) is 42.0 Å². The van der Waals surface area contributed by atoms with Crippen molar-refractivity contribution >= 4 is 17.7 Å². The van der Waals surface area contributed by atoms with E-state index in [2.05, 4.69) is 5.32 Å². The maximum atomic E-state index is 12.1. The van der Waals surface area contributed by atoms with E-state index in [0.29, 0.717) is 37.0 Å². The van der Waals surface area contributed by atoms with E-state index in [1.807, 2.05) is 36.4 Å². The summed E-state index contributed by atoms with van der Waals surface area (Å²) in [6, 6.07) is 11.5. The molecule has 1 amide bonds. The van der Waals surface area contributed by atoms with Gasteiger partial charge in [-0.3, -0.25) is 4.79 Å². The summed E-state index contributed by atoms with van der Waals surface area (Å²) in [6.07, 6.45) is 0.723. The van der Waals surface area contributed by atoms with Gasteiger partial charge in [0.1, 0.15) is 13.2 Å². The van der Waals surface area contributed by atoms with Crippen LogP contribution >= 0.6 is 11.8 Å². The van der Waals surface area contributed by atoms with E-state index in [9.17, 15) is 4.79 Å². The van der Waals surface area contributed by atoms with Crippen molar-refractivity contribution in [2.75, 3.05) is 39.7 Å². The Morgan fingerprint density at radius 2 is 1.81 bits per heavy atom. The largest absolute Gasteiger partial charge is 0.493 e. The van der Waals surface area contributed by atoms with Gasteiger partial charge in [0.05, 0.1) is 20.0 Å². The fraction of sp³-hybridized carbons (Fsp3) is 0.350. The Bertz CT molecular complexity index is 796. The molecule has 0 atom stereocenters. The van der Waals surface area contributed by atoms with E-state index in [0.717, 1.165) is 28.4 Å². The maximum Gasteiger partial charge on any atom is 0.230 e. The van der Waals surface area contributed by atoms with Gasteiger partial charge in [0.15, 0.2) is 23.0 Å². The molecule has 0 aromatic heterocycles. The molecule has 7 heteroatoms. The fourth-order valence-corrected chi connectivity index (χ4v) is 3.45. The number of ether oxygens (including phenoxy) is 4. The second-order valence-electron chi connectivity index (χ2n) is 5.88. The van der Waals surface area contributed by atoms with Crippen molar-refractivity contribution in [1.82, 2.24) is 5.32 Å². The average Bonchev–Trinajstić information content (AvgIpc) is 2.72. The van der Waals surface area contributed by atoms with E-state index >= 15 is 0 Å². The highest BCUT2D eigenvalue weighted by atomic mass is 32.2. The van der Waals surface area contributed by atoms with Crippen LogP contribution in [0.25, 0.3) is 0 Å². The molecule has 1 aliphatic heterocycles. The Morgan fingerprint density at radius 1 is 1.04 bits per heavy atom. The monoisotopic (exact) mass is 389 g/mol. The standard InChI is InChI=1S/C20H23NO5S/c1-23-16-5-3-14(11-18(16)24-2)7-8-21-20(22)13-27-15-4-6-17-19(12-15)26-10-9-25-17/h3-6,11-12H,7-10,13H2,1-2H3,(H,21,22). The third kappa shape index (κ3) is 5.23. The van der Waals surface area contributed by atoms with Gasteiger partial charge in [-0.05, 0) is 42.3 Å². The molecular formula is C20H23NO5S. The first-order valence-corrected chi connectivity index (χ1v) is 9.68. The number of rotatable bonds is 8. The molecule has 144 valence electrons. The van der Waals surface area contributed by atoms with Gasteiger partial charge in [-0.15, -0.1) is 11.8 Å². The van der Waals surface area contributed by atoms with Gasteiger partial charge in [0, 0.05) is 11.4 Å². The number of thioether (sulfide) groups is 1. The van der Waals surface area contributed by atoms with E-state index in [1.165, 1.54) is 11.8 Å². The predicted molar refractivity (Wildman–Crippen MR) is 104 cm³/mol. The fourth-order valence-electron chi connectivity index (χ4n) is 2.70. The lowest BCUT2D eigenvalue weighted by atomic mass is 10.1. The topological polar surface area (TPSA) is 66.0 Å². The van der Waals surface area contributed by atoms with Crippen molar-refractivity contribution in [2.24, 2.45) is 0 Å². The van der Waals surface area contributed by atoms with Crippen LogP contribution in [-0.4, -0.2) is 45.6 Å². The molecule has 0 radical (unpaired) electrons. The number of fused-ring (bicyclic) bond motifs is 1. The van der Waals surface area contributed by atoms with Crippen LogP contribution < -0.4 is 24.3 Å². The highest BCUT2D eigenvalue weighted by Crippen LogP contribution is 2.34. The Kier molecular flexibility index (Phi) is 6.70. The third-order valence-electron chi connectivity index (χ3n) is 4.07. The number of amides is 1. The van der Waals surface area contributed by atoms with Gasteiger partial charge in [0.2, 0.25) is 5.91 Å². The van der Waals surface area contributed by atoms with E-state index in [-0.39, 0.29) is 5.91 Å². The summed E-state index contributed by atoms with van der Waals surface area (Å²) in [5, 5.41) is 2.94. The number of hydrogen-bond acceptors (Lipinski definition) is 6. The number of methoxy groups -OCH3 is 2. The highest BCUT2D eigenvalue weighted by Gasteiger charge is 2.12. The zero-order valence-corrected chi connectivity index (χ0v) is 16.3. The molecule has 1 aliphatic rings. The average molecular weight is 389 g/mol. The Balaban J connectivity index is 1.43. The van der Waals surface area contributed by atoms with Crippen molar-refractivity contribution in [2.45, 2.75) is 11.3 Å². The zero-order valence-electron chi connectivity index (χ0n) is 15.4. The highest BCUT2D eigenvalue weighted by molar-refractivity contribution is 8.00. The molecule has 2 aromatic rings. The van der Waals surface area contributed by atoms with Crippen LogP contribution in [0.5, 0.6) is 23.0 Å². The second-order valence-corrected chi connectivity index (χ2v) is 6.93. The van der Waals surface area contributed by atoms with Crippen LogP contribution in [0.1, 0.15) is 5.56 Å². The zero-order chi connectivity index (χ0) is 19.1. The first kappa shape index (κ1) is 19.2. The molecule has 3 rings (SSSR count). The Hall–Kier alpha value is -2.54. The van der Waals surface area contributed by atoms with Crippen molar-refractivity contribution in [1.29, 1.82) is 0 Å². The lowest BCUT2D eigenvalue weighted by molar-refractivity contribution is -0.118. The molecule has 0 saturated carbocycles. The van der Waals surface area contributed by atoms with Gasteiger partial charge in [0.25, 0.3) is 0 Å². The molecule has 1 N–H and O–H groups in total. The van der Waals surface area contributed by atoms with E-state index in [4.69, 9.17) is 18.9 Å². The predicted octanol–water partition coefficient (Wildman–Crippen LogP) is 2.93. The summed E-state index contributed by atoms with van der Waals surface area (Å²) in [7, 11) is 3.22. The number of nitrogens with one attached hydrogen (secondary N) is 1. The van der Waals surface area contributed by atoms with E-state index in [1.54, 1.807) is 14.2 Å². The van der Waals surface area contributed by atoms with Crippen LogP contribution in [0.3, 0.4) is 0 Å². The van der Waals surface area contributed by atoms with E-state index < -0.39 is 0 Å². The number of carbonyl (C=O) groups excluding carboxylic acids is 1. The Morgan fingerprint density at radius 3 is 2.59 bits per heavy atom. The lowest BCUT2D eigenvalue weighted by Gasteiger charge is -2.18. The normalized spacial score (nSPS) is 12.4. The van der Waals surface area contributed by atoms with Crippen LogP contribution in [0.4, 0.5) is 0 Å². The smallest absolute Gasteiger partial charge is 0.230 e. The molecule has 0 bridgehead atoms. The van der Waals surface area contributed by atoms with Crippen LogP contribution in [0.15, 0.2) is 41.3 Å². The summed E-state index contributed by atoms with van der Waals surface area (Å²) >= 11 is 1.47. The molecule has 0 fully saturated rings. The van der Waals surface area contributed by atoms with Gasteiger partial charge < -0.3 is 24.3 Å². The number of hydrogen-bond donors (Lipinski definition) is 1. The summed E-state index contributed by atoms with van der Waals surface area (Å²) in [4.78, 5) is 13.1. The van der Waals surface area contributed by atoms with Crippen LogP contribution in [0.2, 0.25) is 0 Å². The summed E-state index contributed by atoms with van der Waals surface area (Å²) in [6.45, 7) is 1.69. The van der Waals surface area contributed by atoms with Crippen molar-refractivity contribution < 1.29 is 23.7 Å². The molecule has 2 aromatic carbocycles. The molecule has 6 nitrogen and oxygen atoms in total. The van der Waals surface area contributed by atoms with Gasteiger partial charge in [-0.1, -0.05) is 6.07 Å². The first-order chi connectivity index (χ1) is 13.2. The number of carbonyl (C=O) groups is 1. The summed E-state index contributed by atoms with van der Waals surface area (Å²) in [5.74, 6) is 3.23. The molecule has 0 saturated heterocycles. The molecule has 0 unspecified atom stereocenters. The minimum Gasteiger partial charge on any atom is -0.493 e. The second kappa shape index (κ2) is 9.41. The molecule has 1 heterocycles. The molecule has 0 aliphatic carbocycles. The van der Waals surface area contributed by atoms with Crippen molar-refractivity contribution in [3.8, 4) is 23.0 Å². The van der Waals surface area contributed by atoms with Crippen LogP contribution in [0, 0.1) is 0 Å². The molecule has 27 heavy (non-hydrogen) atoms. The molecule has 0 spiro atoms. The SMILES string of the molecule is COc1ccc(CCNC(=O)CSc2ccc3c(c2)OCCO3)cc1OC. The third-order valence-corrected chi connectivity index (χ3v) is 5.06. The Labute approximate surface area is 163 Å².